The van der Waals surface area contributed by atoms with E-state index in [-0.39, 0.29) is 0 Å². The van der Waals surface area contributed by atoms with Crippen LogP contribution >= 0.6 is 15.9 Å². The number of halogens is 1. The number of hydrogen-bond donors (Lipinski definition) is 0. The number of aromatic nitrogens is 1. The molecule has 0 unspecified atom stereocenters. The Morgan fingerprint density at radius 1 is 1.18 bits per heavy atom. The molecule has 2 aromatic rings. The van der Waals surface area contributed by atoms with Gasteiger partial charge in [0, 0.05) is 11.4 Å². The van der Waals surface area contributed by atoms with Crippen molar-refractivity contribution in [3.63, 3.8) is 0 Å². The lowest BCUT2D eigenvalue weighted by molar-refractivity contribution is 1.14. The van der Waals surface area contributed by atoms with Gasteiger partial charge in [-0.1, -0.05) is 59.8 Å². The molecule has 22 heavy (non-hydrogen) atoms. The predicted molar refractivity (Wildman–Crippen MR) is 98.0 cm³/mol. The van der Waals surface area contributed by atoms with Gasteiger partial charge in [0.05, 0.1) is 5.35 Å². The highest BCUT2D eigenvalue weighted by atomic mass is 79.9. The van der Waals surface area contributed by atoms with Crippen molar-refractivity contribution in [1.82, 2.24) is 4.98 Å². The lowest BCUT2D eigenvalue weighted by Gasteiger charge is -2.08. The number of nitrogens with zero attached hydrogens (tertiary/aromatic N) is 1. The highest BCUT2D eigenvalue weighted by Gasteiger charge is 2.07. The number of aryl methyl sites for hydroxylation is 1. The number of pyridine rings is 1. The van der Waals surface area contributed by atoms with Crippen LogP contribution in [0.15, 0.2) is 53.7 Å². The van der Waals surface area contributed by atoms with Crippen molar-refractivity contribution in [1.29, 1.82) is 0 Å². The largest absolute Gasteiger partial charge is 0.256 e. The molecule has 0 aliphatic heterocycles. The Bertz CT molecular complexity index is 858. The minimum Gasteiger partial charge on any atom is -0.256 e. The molecule has 1 aliphatic rings. The van der Waals surface area contributed by atoms with E-state index in [0.717, 1.165) is 44.6 Å². The molecule has 0 fully saturated rings. The van der Waals surface area contributed by atoms with Crippen LogP contribution in [-0.2, 0) is 6.42 Å². The van der Waals surface area contributed by atoms with Crippen LogP contribution in [0.1, 0.15) is 30.0 Å². The molecule has 1 aromatic heterocycles. The summed E-state index contributed by atoms with van der Waals surface area (Å²) in [5, 5.41) is 2.16. The molecule has 1 nitrogen and oxygen atoms in total. The molecule has 1 heterocycles. The molecule has 1 aromatic carbocycles. The molecule has 0 amide bonds. The van der Waals surface area contributed by atoms with Crippen molar-refractivity contribution < 1.29 is 0 Å². The first-order valence-electron chi connectivity index (χ1n) is 7.49. The summed E-state index contributed by atoms with van der Waals surface area (Å²) in [5.74, 6) is 0. The molecule has 1 aliphatic carbocycles. The number of allylic oxidation sites excluding steroid dienone is 2. The molecule has 0 N–H and O–H groups in total. The first kappa shape index (κ1) is 15.0. The SMILES string of the molecule is C=C(c1ccc(CC)cc1)c1ccnc2c1=CCC(Br)=CC=2. The summed E-state index contributed by atoms with van der Waals surface area (Å²) < 4.78 is 1.16. The standard InChI is InChI=1S/C20H18BrN/c1-3-15-4-6-16(7-5-15)14(2)18-12-13-22-20-11-9-17(21)8-10-19(18)20/h4-7,9-13H,2-3,8H2,1H3. The number of fused-ring (bicyclic) bond motifs is 1. The summed E-state index contributed by atoms with van der Waals surface area (Å²) in [6.07, 6.45) is 10.1. The van der Waals surface area contributed by atoms with E-state index < -0.39 is 0 Å². The molecule has 0 radical (unpaired) electrons. The third kappa shape index (κ3) is 2.97. The Morgan fingerprint density at radius 3 is 2.68 bits per heavy atom. The second-order valence-corrected chi connectivity index (χ2v) is 6.39. The fourth-order valence-electron chi connectivity index (χ4n) is 2.63. The minimum atomic E-state index is 0.879. The molecular weight excluding hydrogens is 334 g/mol. The van der Waals surface area contributed by atoms with Crippen LogP contribution in [0.3, 0.4) is 0 Å². The normalized spacial score (nSPS) is 13.3. The molecule has 110 valence electrons. The second kappa shape index (κ2) is 6.45. The van der Waals surface area contributed by atoms with Gasteiger partial charge in [0.1, 0.15) is 0 Å². The summed E-state index contributed by atoms with van der Waals surface area (Å²) in [6.45, 7) is 6.49. The molecule has 0 saturated carbocycles. The van der Waals surface area contributed by atoms with Gasteiger partial charge in [-0.25, -0.2) is 0 Å². The summed E-state index contributed by atoms with van der Waals surface area (Å²) >= 11 is 3.57. The van der Waals surface area contributed by atoms with Gasteiger partial charge < -0.3 is 0 Å². The Morgan fingerprint density at radius 2 is 1.95 bits per heavy atom. The van der Waals surface area contributed by atoms with Crippen molar-refractivity contribution in [2.75, 3.05) is 0 Å². The van der Waals surface area contributed by atoms with Gasteiger partial charge in [-0.05, 0) is 57.8 Å². The maximum atomic E-state index is 4.48. The summed E-state index contributed by atoms with van der Waals surface area (Å²) in [5.41, 5.74) is 4.71. The third-order valence-electron chi connectivity index (χ3n) is 3.98. The van der Waals surface area contributed by atoms with Gasteiger partial charge in [0.15, 0.2) is 0 Å². The van der Waals surface area contributed by atoms with Gasteiger partial charge >= 0.3 is 0 Å². The van der Waals surface area contributed by atoms with Crippen LogP contribution in [0.25, 0.3) is 17.7 Å². The van der Waals surface area contributed by atoms with Crippen molar-refractivity contribution in [2.45, 2.75) is 19.8 Å². The highest BCUT2D eigenvalue weighted by Crippen LogP contribution is 2.20. The number of benzene rings is 1. The maximum absolute atomic E-state index is 4.48. The van der Waals surface area contributed by atoms with Gasteiger partial charge in [-0.2, -0.15) is 0 Å². The molecule has 0 bridgehead atoms. The van der Waals surface area contributed by atoms with Gasteiger partial charge in [-0.15, -0.1) is 0 Å². The smallest absolute Gasteiger partial charge is 0.0705 e. The maximum Gasteiger partial charge on any atom is 0.0705 e. The second-order valence-electron chi connectivity index (χ2n) is 5.37. The number of hydrogen-bond acceptors (Lipinski definition) is 1. The van der Waals surface area contributed by atoms with Gasteiger partial charge in [0.2, 0.25) is 0 Å². The van der Waals surface area contributed by atoms with Crippen molar-refractivity contribution in [3.05, 3.63) is 80.9 Å². The van der Waals surface area contributed by atoms with E-state index in [2.05, 4.69) is 83.0 Å². The van der Waals surface area contributed by atoms with Crippen LogP contribution in [0, 0.1) is 0 Å². The topological polar surface area (TPSA) is 12.9 Å². The van der Waals surface area contributed by atoms with Gasteiger partial charge in [0.25, 0.3) is 0 Å². The average Bonchev–Trinajstić information content (AvgIpc) is 2.76. The monoisotopic (exact) mass is 351 g/mol. The van der Waals surface area contributed by atoms with Crippen molar-refractivity contribution in [2.24, 2.45) is 0 Å². The zero-order valence-corrected chi connectivity index (χ0v) is 14.2. The summed E-state index contributed by atoms with van der Waals surface area (Å²) in [7, 11) is 0. The fraction of sp³-hybridized carbons (Fsp3) is 0.150. The first-order valence-corrected chi connectivity index (χ1v) is 8.28. The van der Waals surface area contributed by atoms with Crippen LogP contribution < -0.4 is 10.6 Å². The Labute approximate surface area is 139 Å². The first-order chi connectivity index (χ1) is 10.7. The summed E-state index contributed by atoms with van der Waals surface area (Å²) in [6, 6.07) is 10.7. The van der Waals surface area contributed by atoms with Crippen LogP contribution in [0.4, 0.5) is 0 Å². The van der Waals surface area contributed by atoms with E-state index >= 15 is 0 Å². The zero-order valence-electron chi connectivity index (χ0n) is 12.6. The Balaban J connectivity index is 2.09. The minimum absolute atomic E-state index is 0.879. The lowest BCUT2D eigenvalue weighted by atomic mass is 9.97. The van der Waals surface area contributed by atoms with Crippen LogP contribution in [0.2, 0.25) is 0 Å². The highest BCUT2D eigenvalue weighted by molar-refractivity contribution is 9.11. The van der Waals surface area contributed by atoms with Crippen molar-refractivity contribution >= 4 is 33.7 Å². The Hall–Kier alpha value is -1.93. The summed E-state index contributed by atoms with van der Waals surface area (Å²) in [4.78, 5) is 4.48. The third-order valence-corrected chi connectivity index (χ3v) is 4.57. The predicted octanol–water partition coefficient (Wildman–Crippen LogP) is 3.95. The number of rotatable bonds is 3. The van der Waals surface area contributed by atoms with E-state index in [1.807, 2.05) is 6.20 Å². The Kier molecular flexibility index (Phi) is 4.39. The van der Waals surface area contributed by atoms with E-state index in [1.54, 1.807) is 0 Å². The molecule has 0 saturated heterocycles. The lowest BCUT2D eigenvalue weighted by Crippen LogP contribution is -2.30. The van der Waals surface area contributed by atoms with Gasteiger partial charge in [-0.3, -0.25) is 4.98 Å². The molecule has 0 spiro atoms. The van der Waals surface area contributed by atoms with Crippen LogP contribution in [-0.4, -0.2) is 4.98 Å². The molecule has 3 rings (SSSR count). The van der Waals surface area contributed by atoms with E-state index in [9.17, 15) is 0 Å². The molecule has 2 heteroatoms. The molecule has 0 atom stereocenters. The van der Waals surface area contributed by atoms with E-state index in [1.165, 1.54) is 5.56 Å². The van der Waals surface area contributed by atoms with E-state index in [0.29, 0.717) is 0 Å². The average molecular weight is 352 g/mol. The zero-order chi connectivity index (χ0) is 15.5. The van der Waals surface area contributed by atoms with Crippen molar-refractivity contribution in [3.8, 4) is 0 Å². The fourth-order valence-corrected chi connectivity index (χ4v) is 2.93. The molecular formula is C20H18BrN. The quantitative estimate of drug-likeness (QED) is 0.815. The van der Waals surface area contributed by atoms with Crippen LogP contribution in [0.5, 0.6) is 0 Å². The van der Waals surface area contributed by atoms with E-state index in [4.69, 9.17) is 0 Å².